The van der Waals surface area contributed by atoms with Gasteiger partial charge in [0.25, 0.3) is 0 Å². The molecule has 114 valence electrons. The number of hydrogen-bond acceptors (Lipinski definition) is 4. The molecule has 0 spiro atoms. The molecule has 3 aliphatic heterocycles. The maximum Gasteiger partial charge on any atom is 0.239 e. The van der Waals surface area contributed by atoms with Crippen LogP contribution >= 0.6 is 0 Å². The Labute approximate surface area is 121 Å². The van der Waals surface area contributed by atoms with Crippen LogP contribution in [0.3, 0.4) is 0 Å². The Morgan fingerprint density at radius 2 is 2.05 bits per heavy atom. The molecular weight excluding hydrogens is 254 g/mol. The van der Waals surface area contributed by atoms with E-state index in [2.05, 4.69) is 15.1 Å². The van der Waals surface area contributed by atoms with Crippen molar-refractivity contribution in [3.8, 4) is 0 Å². The van der Waals surface area contributed by atoms with Gasteiger partial charge in [0.2, 0.25) is 5.91 Å². The van der Waals surface area contributed by atoms with Gasteiger partial charge in [-0.15, -0.1) is 0 Å². The first-order valence-corrected chi connectivity index (χ1v) is 8.19. The molecule has 3 fully saturated rings. The van der Waals surface area contributed by atoms with Crippen molar-refractivity contribution in [3.63, 3.8) is 0 Å². The molecule has 0 aromatic carbocycles. The molecular formula is C15H27N3O2. The molecule has 5 nitrogen and oxygen atoms in total. The third-order valence-electron chi connectivity index (χ3n) is 4.74. The van der Waals surface area contributed by atoms with E-state index in [0.717, 1.165) is 65.1 Å². The van der Waals surface area contributed by atoms with Gasteiger partial charge >= 0.3 is 0 Å². The summed E-state index contributed by atoms with van der Waals surface area (Å²) in [4.78, 5) is 17.0. The second kappa shape index (κ2) is 6.87. The zero-order valence-electron chi connectivity index (χ0n) is 12.4. The fourth-order valence-electron chi connectivity index (χ4n) is 3.57. The highest BCUT2D eigenvalue weighted by Crippen LogP contribution is 2.15. The molecule has 3 saturated heterocycles. The number of nitrogens with one attached hydrogen (secondary N) is 1. The topological polar surface area (TPSA) is 44.8 Å². The lowest BCUT2D eigenvalue weighted by atomic mass is 10.2. The van der Waals surface area contributed by atoms with Crippen LogP contribution in [-0.2, 0) is 9.53 Å². The number of carbonyl (C=O) groups excluding carboxylic acids is 1. The quantitative estimate of drug-likeness (QED) is 0.816. The van der Waals surface area contributed by atoms with E-state index in [1.807, 2.05) is 0 Å². The molecule has 0 aromatic rings. The Morgan fingerprint density at radius 1 is 1.10 bits per heavy atom. The van der Waals surface area contributed by atoms with Gasteiger partial charge in [-0.25, -0.2) is 0 Å². The monoisotopic (exact) mass is 281 g/mol. The van der Waals surface area contributed by atoms with Crippen LogP contribution in [-0.4, -0.2) is 73.7 Å². The summed E-state index contributed by atoms with van der Waals surface area (Å²) in [5.74, 6) is 0.321. The van der Waals surface area contributed by atoms with Crippen molar-refractivity contribution in [1.29, 1.82) is 0 Å². The standard InChI is InChI=1S/C15H27N3O2/c19-15(14-5-1-6-16-14)18-8-3-7-17(9-10-18)12-13-4-2-11-20-13/h13-14,16H,1-12H2. The van der Waals surface area contributed by atoms with Gasteiger partial charge in [-0.1, -0.05) is 0 Å². The van der Waals surface area contributed by atoms with Crippen molar-refractivity contribution in [2.24, 2.45) is 0 Å². The van der Waals surface area contributed by atoms with Crippen LogP contribution in [0.15, 0.2) is 0 Å². The predicted molar refractivity (Wildman–Crippen MR) is 77.6 cm³/mol. The fraction of sp³-hybridized carbons (Fsp3) is 0.933. The molecule has 0 aliphatic carbocycles. The van der Waals surface area contributed by atoms with Crippen LogP contribution in [0.5, 0.6) is 0 Å². The average molecular weight is 281 g/mol. The van der Waals surface area contributed by atoms with Crippen LogP contribution in [0.25, 0.3) is 0 Å². The molecule has 20 heavy (non-hydrogen) atoms. The van der Waals surface area contributed by atoms with Crippen LogP contribution in [0.1, 0.15) is 32.1 Å². The lowest BCUT2D eigenvalue weighted by Gasteiger charge is -2.25. The molecule has 1 N–H and O–H groups in total. The van der Waals surface area contributed by atoms with Gasteiger partial charge < -0.3 is 15.0 Å². The van der Waals surface area contributed by atoms with Crippen LogP contribution < -0.4 is 5.32 Å². The summed E-state index contributed by atoms with van der Waals surface area (Å²) < 4.78 is 5.72. The summed E-state index contributed by atoms with van der Waals surface area (Å²) in [6, 6.07) is 0.0831. The van der Waals surface area contributed by atoms with E-state index >= 15 is 0 Å². The fourth-order valence-corrected chi connectivity index (χ4v) is 3.57. The second-order valence-corrected chi connectivity index (χ2v) is 6.26. The SMILES string of the molecule is O=C(C1CCCN1)N1CCCN(CC2CCCO2)CC1. The Morgan fingerprint density at radius 3 is 2.80 bits per heavy atom. The maximum atomic E-state index is 12.4. The Bertz CT molecular complexity index is 325. The smallest absolute Gasteiger partial charge is 0.239 e. The molecule has 5 heteroatoms. The molecule has 1 amide bonds. The zero-order valence-corrected chi connectivity index (χ0v) is 12.4. The van der Waals surface area contributed by atoms with Gasteiger partial charge in [-0.05, 0) is 45.2 Å². The first-order chi connectivity index (χ1) is 9.83. The third-order valence-corrected chi connectivity index (χ3v) is 4.74. The highest BCUT2D eigenvalue weighted by molar-refractivity contribution is 5.82. The van der Waals surface area contributed by atoms with E-state index in [9.17, 15) is 4.79 Å². The number of nitrogens with zero attached hydrogens (tertiary/aromatic N) is 2. The van der Waals surface area contributed by atoms with Crippen LogP contribution in [0.2, 0.25) is 0 Å². The molecule has 3 aliphatic rings. The lowest BCUT2D eigenvalue weighted by molar-refractivity contribution is -0.132. The third kappa shape index (κ3) is 3.51. The molecule has 0 saturated carbocycles. The molecule has 2 unspecified atom stereocenters. The van der Waals surface area contributed by atoms with E-state index in [1.54, 1.807) is 0 Å². The molecule has 0 radical (unpaired) electrons. The Hall–Kier alpha value is -0.650. The summed E-state index contributed by atoms with van der Waals surface area (Å²) in [5, 5.41) is 3.32. The number of ether oxygens (including phenoxy) is 1. The van der Waals surface area contributed by atoms with E-state index in [1.165, 1.54) is 12.8 Å². The van der Waals surface area contributed by atoms with E-state index in [0.29, 0.717) is 12.0 Å². The van der Waals surface area contributed by atoms with Gasteiger partial charge in [0.15, 0.2) is 0 Å². The summed E-state index contributed by atoms with van der Waals surface area (Å²) in [5.41, 5.74) is 0. The summed E-state index contributed by atoms with van der Waals surface area (Å²) in [6.45, 7) is 6.86. The first kappa shape index (κ1) is 14.3. The van der Waals surface area contributed by atoms with Crippen molar-refractivity contribution >= 4 is 5.91 Å². The highest BCUT2D eigenvalue weighted by Gasteiger charge is 2.28. The Balaban J connectivity index is 1.47. The van der Waals surface area contributed by atoms with Crippen molar-refractivity contribution in [2.45, 2.75) is 44.2 Å². The van der Waals surface area contributed by atoms with Crippen LogP contribution in [0.4, 0.5) is 0 Å². The predicted octanol–water partition coefficient (Wildman–Crippen LogP) is 0.452. The molecule has 0 bridgehead atoms. The number of amides is 1. The highest BCUT2D eigenvalue weighted by atomic mass is 16.5. The number of rotatable bonds is 3. The van der Waals surface area contributed by atoms with Gasteiger partial charge in [-0.3, -0.25) is 9.69 Å². The molecule has 3 heterocycles. The lowest BCUT2D eigenvalue weighted by Crippen LogP contribution is -2.45. The van der Waals surface area contributed by atoms with Gasteiger partial charge in [0.05, 0.1) is 12.1 Å². The average Bonchev–Trinajstić information content (AvgIpc) is 3.10. The first-order valence-electron chi connectivity index (χ1n) is 8.19. The molecule has 2 atom stereocenters. The van der Waals surface area contributed by atoms with Crippen molar-refractivity contribution < 1.29 is 9.53 Å². The summed E-state index contributed by atoms with van der Waals surface area (Å²) >= 11 is 0. The molecule has 3 rings (SSSR count). The second-order valence-electron chi connectivity index (χ2n) is 6.26. The van der Waals surface area contributed by atoms with Gasteiger partial charge in [0, 0.05) is 32.8 Å². The van der Waals surface area contributed by atoms with Crippen molar-refractivity contribution in [3.05, 3.63) is 0 Å². The minimum atomic E-state index is 0.0831. The molecule has 0 aromatic heterocycles. The van der Waals surface area contributed by atoms with Crippen molar-refractivity contribution in [1.82, 2.24) is 15.1 Å². The summed E-state index contributed by atoms with van der Waals surface area (Å²) in [7, 11) is 0. The Kier molecular flexibility index (Phi) is 4.91. The minimum absolute atomic E-state index is 0.0831. The zero-order chi connectivity index (χ0) is 13.8. The maximum absolute atomic E-state index is 12.4. The normalized spacial score (nSPS) is 32.5. The largest absolute Gasteiger partial charge is 0.377 e. The number of hydrogen-bond donors (Lipinski definition) is 1. The van der Waals surface area contributed by atoms with E-state index in [-0.39, 0.29) is 6.04 Å². The number of carbonyl (C=O) groups is 1. The van der Waals surface area contributed by atoms with E-state index < -0.39 is 0 Å². The minimum Gasteiger partial charge on any atom is -0.377 e. The van der Waals surface area contributed by atoms with Gasteiger partial charge in [-0.2, -0.15) is 0 Å². The van der Waals surface area contributed by atoms with Crippen molar-refractivity contribution in [2.75, 3.05) is 45.9 Å². The van der Waals surface area contributed by atoms with Gasteiger partial charge in [0.1, 0.15) is 0 Å². The van der Waals surface area contributed by atoms with Crippen LogP contribution in [0, 0.1) is 0 Å². The van der Waals surface area contributed by atoms with E-state index in [4.69, 9.17) is 4.74 Å². The summed E-state index contributed by atoms with van der Waals surface area (Å²) in [6.07, 6.45) is 6.06.